The lowest BCUT2D eigenvalue weighted by atomic mass is 9.61. The van der Waals surface area contributed by atoms with Crippen LogP contribution >= 0.6 is 0 Å². The van der Waals surface area contributed by atoms with Crippen LogP contribution in [0.5, 0.6) is 0 Å². The first-order valence-corrected chi connectivity index (χ1v) is 8.88. The van der Waals surface area contributed by atoms with Crippen molar-refractivity contribution in [2.45, 2.75) is 45.4 Å². The second kappa shape index (κ2) is 7.82. The summed E-state index contributed by atoms with van der Waals surface area (Å²) in [5.41, 5.74) is 2.15. The highest BCUT2D eigenvalue weighted by Gasteiger charge is 2.39. The number of rotatable bonds is 1. The molecule has 4 nitrogen and oxygen atoms in total. The van der Waals surface area contributed by atoms with Gasteiger partial charge in [0.1, 0.15) is 0 Å². The van der Waals surface area contributed by atoms with Crippen molar-refractivity contribution in [2.75, 3.05) is 13.1 Å². The Morgan fingerprint density at radius 2 is 1.67 bits per heavy atom. The van der Waals surface area contributed by atoms with Crippen molar-refractivity contribution in [1.82, 2.24) is 10.6 Å². The smallest absolute Gasteiger partial charge is 0.220 e. The van der Waals surface area contributed by atoms with Crippen LogP contribution in [0.3, 0.4) is 0 Å². The lowest BCUT2D eigenvalue weighted by molar-refractivity contribution is -0.122. The average molecular weight is 330 g/mol. The summed E-state index contributed by atoms with van der Waals surface area (Å²) in [5, 5.41) is 5.89. The van der Waals surface area contributed by atoms with E-state index in [1.807, 2.05) is 6.08 Å². The Balaban J connectivity index is 2.18. The third-order valence-corrected chi connectivity index (χ3v) is 5.72. The molecule has 1 saturated carbocycles. The monoisotopic (exact) mass is 330 g/mol. The fourth-order valence-electron chi connectivity index (χ4n) is 3.86. The zero-order valence-corrected chi connectivity index (χ0v) is 14.8. The average Bonchev–Trinajstić information content (AvgIpc) is 2.57. The van der Waals surface area contributed by atoms with E-state index in [0.29, 0.717) is 38.3 Å². The number of carbonyl (C=O) groups is 2. The van der Waals surface area contributed by atoms with Crippen LogP contribution in [-0.4, -0.2) is 24.9 Å². The number of hydrogen-bond donors (Lipinski definition) is 2. The number of allylic oxidation sites excluding steroid dienone is 1. The Labute approximate surface area is 145 Å². The molecule has 2 rings (SSSR count). The fraction of sp³-hybridized carbons (Fsp3) is 0.600. The molecule has 0 radical (unpaired) electrons. The largest absolute Gasteiger partial charge is 0.352 e. The van der Waals surface area contributed by atoms with Crippen molar-refractivity contribution in [3.63, 3.8) is 0 Å². The molecule has 2 aliphatic rings. The maximum atomic E-state index is 11.9. The van der Waals surface area contributed by atoms with Gasteiger partial charge in [-0.2, -0.15) is 0 Å². The van der Waals surface area contributed by atoms with Crippen LogP contribution in [0.1, 0.15) is 45.4 Å². The van der Waals surface area contributed by atoms with Gasteiger partial charge in [0.25, 0.3) is 0 Å². The normalized spacial score (nSPS) is 33.2. The minimum atomic E-state index is -0.0157. The van der Waals surface area contributed by atoms with Crippen molar-refractivity contribution >= 4 is 11.8 Å². The van der Waals surface area contributed by atoms with Gasteiger partial charge in [-0.15, -0.1) is 6.58 Å². The second-order valence-corrected chi connectivity index (χ2v) is 7.46. The van der Waals surface area contributed by atoms with Crippen LogP contribution in [0.2, 0.25) is 0 Å². The summed E-state index contributed by atoms with van der Waals surface area (Å²) < 4.78 is 0. The molecule has 2 bridgehead atoms. The Morgan fingerprint density at radius 1 is 1.08 bits per heavy atom. The predicted octanol–water partition coefficient (Wildman–Crippen LogP) is 3.12. The van der Waals surface area contributed by atoms with E-state index >= 15 is 0 Å². The van der Waals surface area contributed by atoms with Gasteiger partial charge in [0.15, 0.2) is 0 Å². The van der Waals surface area contributed by atoms with Gasteiger partial charge in [0.2, 0.25) is 11.8 Å². The highest BCUT2D eigenvalue weighted by Crippen LogP contribution is 2.48. The summed E-state index contributed by atoms with van der Waals surface area (Å²) in [4.78, 5) is 23.8. The molecule has 132 valence electrons. The number of fused-ring (bicyclic) bond motifs is 2. The van der Waals surface area contributed by atoms with Crippen LogP contribution in [0.25, 0.3) is 0 Å². The molecule has 24 heavy (non-hydrogen) atoms. The molecule has 3 atom stereocenters. The zero-order valence-electron chi connectivity index (χ0n) is 14.8. The predicted molar refractivity (Wildman–Crippen MR) is 97.3 cm³/mol. The molecule has 1 heterocycles. The van der Waals surface area contributed by atoms with E-state index in [9.17, 15) is 9.59 Å². The first kappa shape index (κ1) is 18.5. The molecule has 0 aromatic carbocycles. The van der Waals surface area contributed by atoms with Gasteiger partial charge in [-0.05, 0) is 42.9 Å². The van der Waals surface area contributed by atoms with Crippen molar-refractivity contribution in [3.8, 4) is 0 Å². The van der Waals surface area contributed by atoms with Gasteiger partial charge in [-0.1, -0.05) is 37.3 Å². The van der Waals surface area contributed by atoms with E-state index in [2.05, 4.69) is 37.3 Å². The molecule has 4 heteroatoms. The molecule has 1 aliphatic heterocycles. The SMILES string of the molecule is C=C[C@]1(C)CC[C@@H]2C[C@H]1C(=C)CNC(=O)CCCC(=O)NCC2=C. The first-order chi connectivity index (χ1) is 11.4. The molecule has 0 unspecified atom stereocenters. The third-order valence-electron chi connectivity index (χ3n) is 5.72. The van der Waals surface area contributed by atoms with Crippen LogP contribution in [0, 0.1) is 17.3 Å². The Kier molecular flexibility index (Phi) is 6.03. The fourth-order valence-corrected chi connectivity index (χ4v) is 3.86. The maximum absolute atomic E-state index is 11.9. The summed E-state index contributed by atoms with van der Waals surface area (Å²) in [6.07, 6.45) is 6.37. The quantitative estimate of drug-likeness (QED) is 0.726. The van der Waals surface area contributed by atoms with Crippen LogP contribution in [0.15, 0.2) is 37.0 Å². The van der Waals surface area contributed by atoms with Crippen molar-refractivity contribution < 1.29 is 9.59 Å². The Bertz CT molecular complexity index is 552. The minimum Gasteiger partial charge on any atom is -0.352 e. The summed E-state index contributed by atoms with van der Waals surface area (Å²) >= 11 is 0. The molecule has 0 aromatic heterocycles. The van der Waals surface area contributed by atoms with Crippen molar-refractivity contribution in [1.29, 1.82) is 0 Å². The third kappa shape index (κ3) is 4.37. The highest BCUT2D eigenvalue weighted by molar-refractivity contribution is 5.79. The molecule has 2 fully saturated rings. The van der Waals surface area contributed by atoms with E-state index in [4.69, 9.17) is 0 Å². The van der Waals surface area contributed by atoms with E-state index in [0.717, 1.165) is 30.4 Å². The molecule has 1 saturated heterocycles. The van der Waals surface area contributed by atoms with Crippen molar-refractivity contribution in [2.24, 2.45) is 17.3 Å². The summed E-state index contributed by atoms with van der Waals surface area (Å²) in [5.74, 6) is 0.620. The van der Waals surface area contributed by atoms with Gasteiger partial charge < -0.3 is 10.6 Å². The van der Waals surface area contributed by atoms with E-state index in [1.165, 1.54) is 0 Å². The van der Waals surface area contributed by atoms with Crippen LogP contribution in [-0.2, 0) is 9.59 Å². The zero-order chi connectivity index (χ0) is 17.7. The van der Waals surface area contributed by atoms with Crippen LogP contribution < -0.4 is 10.6 Å². The van der Waals surface area contributed by atoms with Gasteiger partial charge >= 0.3 is 0 Å². The number of hydrogen-bond acceptors (Lipinski definition) is 2. The number of carbonyl (C=O) groups excluding carboxylic acids is 2. The second-order valence-electron chi connectivity index (χ2n) is 7.46. The summed E-state index contributed by atoms with van der Waals surface area (Å²) in [7, 11) is 0. The molecule has 2 amide bonds. The summed E-state index contributed by atoms with van der Waals surface area (Å²) in [6.45, 7) is 15.7. The van der Waals surface area contributed by atoms with E-state index in [-0.39, 0.29) is 23.1 Å². The van der Waals surface area contributed by atoms with E-state index < -0.39 is 0 Å². The van der Waals surface area contributed by atoms with E-state index in [1.54, 1.807) is 0 Å². The molecule has 0 spiro atoms. The number of amides is 2. The molecule has 1 aliphatic carbocycles. The highest BCUT2D eigenvalue weighted by atomic mass is 16.2. The lowest BCUT2D eigenvalue weighted by Gasteiger charge is -2.44. The van der Waals surface area contributed by atoms with Gasteiger partial charge in [0.05, 0.1) is 0 Å². The molecule has 0 aromatic rings. The molecular formula is C20H30N2O2. The standard InChI is InChI=1S/C20H30N2O2/c1-5-20(4)10-9-16-11-17(20)15(3)13-22-19(24)8-6-7-18(23)21-12-14(16)2/h5,16-17H,1-3,6-13H2,4H3,(H,21,23)(H,22,24)/t16-,17+,20-/m1/s1. The van der Waals surface area contributed by atoms with Crippen molar-refractivity contribution in [3.05, 3.63) is 37.0 Å². The summed E-state index contributed by atoms with van der Waals surface area (Å²) in [6, 6.07) is 0. The van der Waals surface area contributed by atoms with Gasteiger partial charge in [0, 0.05) is 25.9 Å². The maximum Gasteiger partial charge on any atom is 0.220 e. The van der Waals surface area contributed by atoms with Gasteiger partial charge in [-0.3, -0.25) is 9.59 Å². The first-order valence-electron chi connectivity index (χ1n) is 8.88. The number of nitrogens with one attached hydrogen (secondary N) is 2. The molecular weight excluding hydrogens is 300 g/mol. The van der Waals surface area contributed by atoms with Gasteiger partial charge in [-0.25, -0.2) is 0 Å². The Hall–Kier alpha value is -1.84. The lowest BCUT2D eigenvalue weighted by Crippen LogP contribution is -2.39. The molecule has 2 N–H and O–H groups in total. The topological polar surface area (TPSA) is 58.2 Å². The minimum absolute atomic E-state index is 0.00108. The van der Waals surface area contributed by atoms with Crippen LogP contribution in [0.4, 0.5) is 0 Å². The Morgan fingerprint density at radius 3 is 2.25 bits per heavy atom.